The molecule has 1 aliphatic carbocycles. The number of hydrogen-bond acceptors (Lipinski definition) is 2. The number of benzene rings is 5. The normalized spacial score (nSPS) is 14.2. The highest BCUT2D eigenvalue weighted by atomic mass is 32.1. The van der Waals surface area contributed by atoms with Crippen LogP contribution in [0.15, 0.2) is 96.5 Å². The molecule has 2 aromatic heterocycles. The molecule has 0 N–H and O–H groups in total. The molecule has 0 spiro atoms. The number of rotatable bonds is 1. The summed E-state index contributed by atoms with van der Waals surface area (Å²) >= 11 is 1.70. The third kappa shape index (κ3) is 2.32. The largest absolute Gasteiger partial charge is 0.307 e. The summed E-state index contributed by atoms with van der Waals surface area (Å²) in [5.74, 6) is 0. The van der Waals surface area contributed by atoms with Crippen LogP contribution in [-0.4, -0.2) is 9.55 Å². The molecule has 0 saturated heterocycles. The molecule has 0 bridgehead atoms. The standard InChI is InChI=1S/C32H22N2S/c1-32(2)23-14-7-5-12-21(23)27-19-10-3-4-11-20(19)28-22-13-6-8-15-24(22)34(31(28)29(27)32)25-16-9-17-26-30(25)33-18-35-26/h3-18H,1-2H3. The third-order valence-corrected chi connectivity index (χ3v) is 8.70. The lowest BCUT2D eigenvalue weighted by atomic mass is 9.80. The lowest BCUT2D eigenvalue weighted by molar-refractivity contribution is 0.664. The molecule has 1 aliphatic rings. The van der Waals surface area contributed by atoms with Crippen molar-refractivity contribution in [3.8, 4) is 16.8 Å². The topological polar surface area (TPSA) is 17.8 Å². The van der Waals surface area contributed by atoms with E-state index in [2.05, 4.69) is 109 Å². The average molecular weight is 467 g/mol. The number of hydrogen-bond donors (Lipinski definition) is 0. The molecular formula is C32H22N2S. The first-order valence-electron chi connectivity index (χ1n) is 12.1. The number of aromatic nitrogens is 2. The number of nitrogens with zero attached hydrogens (tertiary/aromatic N) is 2. The first kappa shape index (κ1) is 19.4. The van der Waals surface area contributed by atoms with Crippen LogP contribution in [-0.2, 0) is 5.41 Å². The van der Waals surface area contributed by atoms with E-state index >= 15 is 0 Å². The molecule has 8 rings (SSSR count). The second-order valence-corrected chi connectivity index (χ2v) is 10.9. The van der Waals surface area contributed by atoms with Crippen molar-refractivity contribution in [3.05, 3.63) is 108 Å². The van der Waals surface area contributed by atoms with Crippen LogP contribution in [0.25, 0.3) is 59.6 Å². The number of thiazole rings is 1. The highest BCUT2D eigenvalue weighted by Crippen LogP contribution is 2.56. The Bertz CT molecular complexity index is 1990. The fraction of sp³-hybridized carbons (Fsp3) is 0.0938. The number of para-hydroxylation sites is 2. The van der Waals surface area contributed by atoms with Crippen LogP contribution in [0.4, 0.5) is 0 Å². The van der Waals surface area contributed by atoms with Crippen molar-refractivity contribution in [2.75, 3.05) is 0 Å². The smallest absolute Gasteiger partial charge is 0.105 e. The molecule has 0 unspecified atom stereocenters. The maximum atomic E-state index is 4.82. The quantitative estimate of drug-likeness (QED) is 0.236. The monoisotopic (exact) mass is 466 g/mol. The molecule has 0 radical (unpaired) electrons. The van der Waals surface area contributed by atoms with Gasteiger partial charge in [0.25, 0.3) is 0 Å². The van der Waals surface area contributed by atoms with Crippen LogP contribution < -0.4 is 0 Å². The molecule has 7 aromatic rings. The highest BCUT2D eigenvalue weighted by molar-refractivity contribution is 7.16. The first-order chi connectivity index (χ1) is 17.2. The summed E-state index contributed by atoms with van der Waals surface area (Å²) < 4.78 is 3.71. The predicted molar refractivity (Wildman–Crippen MR) is 149 cm³/mol. The van der Waals surface area contributed by atoms with Crippen molar-refractivity contribution in [1.29, 1.82) is 0 Å². The average Bonchev–Trinajstić information content (AvgIpc) is 3.56. The van der Waals surface area contributed by atoms with E-state index in [0.29, 0.717) is 0 Å². The molecule has 166 valence electrons. The van der Waals surface area contributed by atoms with Crippen LogP contribution in [0.5, 0.6) is 0 Å². The molecule has 3 heteroatoms. The van der Waals surface area contributed by atoms with Gasteiger partial charge >= 0.3 is 0 Å². The highest BCUT2D eigenvalue weighted by Gasteiger charge is 2.40. The molecule has 0 amide bonds. The molecule has 0 fully saturated rings. The maximum absolute atomic E-state index is 4.82. The van der Waals surface area contributed by atoms with Crippen molar-refractivity contribution in [3.63, 3.8) is 0 Å². The van der Waals surface area contributed by atoms with Gasteiger partial charge in [0, 0.05) is 16.2 Å². The van der Waals surface area contributed by atoms with Crippen molar-refractivity contribution < 1.29 is 0 Å². The van der Waals surface area contributed by atoms with Gasteiger partial charge in [0.05, 0.1) is 26.9 Å². The van der Waals surface area contributed by atoms with E-state index in [-0.39, 0.29) is 5.41 Å². The summed E-state index contributed by atoms with van der Waals surface area (Å²) in [5.41, 5.74) is 12.1. The zero-order valence-corrected chi connectivity index (χ0v) is 20.4. The summed E-state index contributed by atoms with van der Waals surface area (Å²) in [5, 5.41) is 5.28. The minimum Gasteiger partial charge on any atom is -0.307 e. The fourth-order valence-electron chi connectivity index (χ4n) is 6.49. The van der Waals surface area contributed by atoms with Gasteiger partial charge in [-0.2, -0.15) is 0 Å². The summed E-state index contributed by atoms with van der Waals surface area (Å²) in [6, 6.07) is 33.3. The van der Waals surface area contributed by atoms with Gasteiger partial charge in [-0.25, -0.2) is 4.98 Å². The summed E-state index contributed by atoms with van der Waals surface area (Å²) in [6.07, 6.45) is 0. The summed E-state index contributed by atoms with van der Waals surface area (Å²) in [6.45, 7) is 4.77. The molecule has 0 atom stereocenters. The molecule has 2 nitrogen and oxygen atoms in total. The van der Waals surface area contributed by atoms with E-state index in [1.165, 1.54) is 59.5 Å². The van der Waals surface area contributed by atoms with Gasteiger partial charge in [-0.15, -0.1) is 11.3 Å². The van der Waals surface area contributed by atoms with Gasteiger partial charge in [-0.1, -0.05) is 86.6 Å². The Morgan fingerprint density at radius 3 is 2.37 bits per heavy atom. The van der Waals surface area contributed by atoms with Crippen LogP contribution in [0, 0.1) is 0 Å². The summed E-state index contributed by atoms with van der Waals surface area (Å²) in [7, 11) is 0. The van der Waals surface area contributed by atoms with Crippen molar-refractivity contribution in [1.82, 2.24) is 9.55 Å². The molecule has 5 aromatic carbocycles. The Morgan fingerprint density at radius 1 is 0.743 bits per heavy atom. The van der Waals surface area contributed by atoms with Crippen molar-refractivity contribution in [2.45, 2.75) is 19.3 Å². The molecule has 35 heavy (non-hydrogen) atoms. The first-order valence-corrected chi connectivity index (χ1v) is 12.9. The Morgan fingerprint density at radius 2 is 1.49 bits per heavy atom. The van der Waals surface area contributed by atoms with E-state index in [9.17, 15) is 0 Å². The Kier molecular flexibility index (Phi) is 3.64. The van der Waals surface area contributed by atoms with Gasteiger partial charge in [-0.05, 0) is 51.2 Å². The van der Waals surface area contributed by atoms with Crippen molar-refractivity contribution in [2.24, 2.45) is 0 Å². The van der Waals surface area contributed by atoms with E-state index < -0.39 is 0 Å². The van der Waals surface area contributed by atoms with Crippen LogP contribution in [0.2, 0.25) is 0 Å². The molecule has 0 aliphatic heterocycles. The zero-order chi connectivity index (χ0) is 23.3. The predicted octanol–water partition coefficient (Wildman–Crippen LogP) is 8.85. The van der Waals surface area contributed by atoms with E-state index in [4.69, 9.17) is 4.98 Å². The second-order valence-electron chi connectivity index (χ2n) is 10.0. The minimum atomic E-state index is -0.129. The van der Waals surface area contributed by atoms with Gasteiger partial charge in [0.1, 0.15) is 5.52 Å². The molecular weight excluding hydrogens is 444 g/mol. The maximum Gasteiger partial charge on any atom is 0.105 e. The molecule has 2 heterocycles. The van der Waals surface area contributed by atoms with Crippen LogP contribution >= 0.6 is 11.3 Å². The Labute approximate surface area is 207 Å². The van der Waals surface area contributed by atoms with Gasteiger partial charge in [0.2, 0.25) is 0 Å². The summed E-state index contributed by atoms with van der Waals surface area (Å²) in [4.78, 5) is 4.82. The van der Waals surface area contributed by atoms with Gasteiger partial charge in [-0.3, -0.25) is 0 Å². The van der Waals surface area contributed by atoms with Gasteiger partial charge in [0.15, 0.2) is 0 Å². The lowest BCUT2D eigenvalue weighted by Crippen LogP contribution is -2.16. The Hall–Kier alpha value is -3.95. The molecule has 0 saturated carbocycles. The fourth-order valence-corrected chi connectivity index (χ4v) is 7.19. The SMILES string of the molecule is CC1(C)c2ccccc2-c2c1c1c(c3ccccc23)c2ccccc2n1-c1cccc2scnc12. The number of fused-ring (bicyclic) bond motifs is 11. The second kappa shape index (κ2) is 6.59. The van der Waals surface area contributed by atoms with Crippen LogP contribution in [0.3, 0.4) is 0 Å². The third-order valence-electron chi connectivity index (χ3n) is 7.90. The Balaban J connectivity index is 1.72. The lowest BCUT2D eigenvalue weighted by Gasteiger charge is -2.24. The van der Waals surface area contributed by atoms with E-state index in [1.54, 1.807) is 11.3 Å². The van der Waals surface area contributed by atoms with Crippen LogP contribution in [0.1, 0.15) is 25.0 Å². The van der Waals surface area contributed by atoms with Gasteiger partial charge < -0.3 is 4.57 Å². The minimum absolute atomic E-state index is 0.129. The van der Waals surface area contributed by atoms with E-state index in [0.717, 1.165) is 11.2 Å². The zero-order valence-electron chi connectivity index (χ0n) is 19.5. The van der Waals surface area contributed by atoms with E-state index in [1.807, 2.05) is 5.51 Å². The van der Waals surface area contributed by atoms with Crippen molar-refractivity contribution >= 4 is 54.1 Å².